The van der Waals surface area contributed by atoms with Crippen molar-refractivity contribution in [1.29, 1.82) is 0 Å². The van der Waals surface area contributed by atoms with Crippen molar-refractivity contribution in [3.63, 3.8) is 0 Å². The SMILES string of the molecule is CN1CCC[C@H]1C(=O)NC1(C(=O)O)CCCC1. The standard InChI is InChI=1S/C12H20N2O3/c1-14-8-4-5-9(14)10(15)13-12(11(16)17)6-2-3-7-12/h9H,2-8H2,1H3,(H,13,15)(H,16,17)/t9-/m0/s1. The number of hydrogen-bond acceptors (Lipinski definition) is 3. The Bertz CT molecular complexity index is 324. The van der Waals surface area contributed by atoms with Crippen molar-refractivity contribution in [3.05, 3.63) is 0 Å². The maximum absolute atomic E-state index is 12.1. The van der Waals surface area contributed by atoms with Crippen LogP contribution < -0.4 is 5.32 Å². The van der Waals surface area contributed by atoms with Crippen molar-refractivity contribution in [2.45, 2.75) is 50.1 Å². The Hall–Kier alpha value is -1.10. The van der Waals surface area contributed by atoms with Crippen molar-refractivity contribution in [3.8, 4) is 0 Å². The van der Waals surface area contributed by atoms with Gasteiger partial charge in [0.2, 0.25) is 5.91 Å². The van der Waals surface area contributed by atoms with Gasteiger partial charge in [-0.05, 0) is 39.3 Å². The van der Waals surface area contributed by atoms with Gasteiger partial charge in [-0.25, -0.2) is 4.79 Å². The zero-order chi connectivity index (χ0) is 12.5. The summed E-state index contributed by atoms with van der Waals surface area (Å²) in [7, 11) is 1.92. The van der Waals surface area contributed by atoms with Crippen molar-refractivity contribution >= 4 is 11.9 Å². The summed E-state index contributed by atoms with van der Waals surface area (Å²) in [6, 6.07) is -0.146. The number of carboxylic acid groups (broad SMARTS) is 1. The third-order valence-electron chi connectivity index (χ3n) is 4.05. The molecule has 0 unspecified atom stereocenters. The predicted octanol–water partition coefficient (Wildman–Crippen LogP) is 0.594. The minimum absolute atomic E-state index is 0.116. The number of rotatable bonds is 3. The lowest BCUT2D eigenvalue weighted by molar-refractivity contribution is -0.148. The highest BCUT2D eigenvalue weighted by Gasteiger charge is 2.44. The molecule has 0 bridgehead atoms. The van der Waals surface area contributed by atoms with E-state index in [1.807, 2.05) is 11.9 Å². The van der Waals surface area contributed by atoms with E-state index in [-0.39, 0.29) is 11.9 Å². The Kier molecular flexibility index (Phi) is 3.38. The molecule has 2 rings (SSSR count). The van der Waals surface area contributed by atoms with Crippen LogP contribution in [-0.2, 0) is 9.59 Å². The van der Waals surface area contributed by atoms with E-state index in [1.54, 1.807) is 0 Å². The number of carboxylic acids is 1. The van der Waals surface area contributed by atoms with Crippen molar-refractivity contribution in [1.82, 2.24) is 10.2 Å². The van der Waals surface area contributed by atoms with Crippen LogP contribution in [0.2, 0.25) is 0 Å². The average Bonchev–Trinajstić information content (AvgIpc) is 2.87. The van der Waals surface area contributed by atoms with Gasteiger partial charge >= 0.3 is 5.97 Å². The van der Waals surface area contributed by atoms with E-state index < -0.39 is 11.5 Å². The van der Waals surface area contributed by atoms with Gasteiger partial charge in [0.25, 0.3) is 0 Å². The van der Waals surface area contributed by atoms with Crippen LogP contribution in [0, 0.1) is 0 Å². The minimum Gasteiger partial charge on any atom is -0.480 e. The lowest BCUT2D eigenvalue weighted by Crippen LogP contribution is -2.56. The van der Waals surface area contributed by atoms with Gasteiger partial charge in [0, 0.05) is 0 Å². The lowest BCUT2D eigenvalue weighted by Gasteiger charge is -2.28. The first-order valence-corrected chi connectivity index (χ1v) is 6.31. The topological polar surface area (TPSA) is 69.6 Å². The maximum atomic E-state index is 12.1. The number of nitrogens with zero attached hydrogens (tertiary/aromatic N) is 1. The summed E-state index contributed by atoms with van der Waals surface area (Å²) in [4.78, 5) is 25.4. The summed E-state index contributed by atoms with van der Waals surface area (Å²) in [6.07, 6.45) is 4.72. The largest absolute Gasteiger partial charge is 0.480 e. The van der Waals surface area contributed by atoms with Crippen molar-refractivity contribution < 1.29 is 14.7 Å². The summed E-state index contributed by atoms with van der Waals surface area (Å²) in [5.41, 5.74) is -0.999. The van der Waals surface area contributed by atoms with Crippen LogP contribution in [0.4, 0.5) is 0 Å². The molecular formula is C12H20N2O3. The van der Waals surface area contributed by atoms with Gasteiger partial charge < -0.3 is 10.4 Å². The number of carbonyl (C=O) groups excluding carboxylic acids is 1. The molecule has 1 amide bonds. The van der Waals surface area contributed by atoms with E-state index in [0.29, 0.717) is 12.8 Å². The third kappa shape index (κ3) is 2.29. The summed E-state index contributed by atoms with van der Waals surface area (Å²) in [5.74, 6) is -1.00. The quantitative estimate of drug-likeness (QED) is 0.757. The van der Waals surface area contributed by atoms with E-state index in [2.05, 4.69) is 5.32 Å². The second kappa shape index (κ2) is 4.64. The lowest BCUT2D eigenvalue weighted by atomic mass is 9.97. The predicted molar refractivity (Wildman–Crippen MR) is 62.6 cm³/mol. The zero-order valence-corrected chi connectivity index (χ0v) is 10.2. The average molecular weight is 240 g/mol. The monoisotopic (exact) mass is 240 g/mol. The van der Waals surface area contributed by atoms with Gasteiger partial charge in [-0.15, -0.1) is 0 Å². The maximum Gasteiger partial charge on any atom is 0.329 e. The fraction of sp³-hybridized carbons (Fsp3) is 0.833. The fourth-order valence-corrected chi connectivity index (χ4v) is 2.93. The molecule has 2 fully saturated rings. The fourth-order valence-electron chi connectivity index (χ4n) is 2.93. The first kappa shape index (κ1) is 12.4. The molecule has 96 valence electrons. The van der Waals surface area contributed by atoms with Gasteiger partial charge in [-0.2, -0.15) is 0 Å². The first-order chi connectivity index (χ1) is 8.05. The second-order valence-electron chi connectivity index (χ2n) is 5.22. The van der Waals surface area contributed by atoms with E-state index in [9.17, 15) is 14.7 Å². The molecular weight excluding hydrogens is 220 g/mol. The molecule has 5 heteroatoms. The first-order valence-electron chi connectivity index (χ1n) is 6.31. The van der Waals surface area contributed by atoms with Crippen LogP contribution in [0.3, 0.4) is 0 Å². The van der Waals surface area contributed by atoms with Gasteiger partial charge in [0.1, 0.15) is 5.54 Å². The smallest absolute Gasteiger partial charge is 0.329 e. The van der Waals surface area contributed by atoms with Gasteiger partial charge in [-0.3, -0.25) is 9.69 Å². The second-order valence-corrected chi connectivity index (χ2v) is 5.22. The van der Waals surface area contributed by atoms with E-state index in [1.165, 1.54) is 0 Å². The molecule has 1 saturated heterocycles. The van der Waals surface area contributed by atoms with E-state index >= 15 is 0 Å². The number of hydrogen-bond donors (Lipinski definition) is 2. The van der Waals surface area contributed by atoms with Gasteiger partial charge in [-0.1, -0.05) is 12.8 Å². The Morgan fingerprint density at radius 2 is 1.94 bits per heavy atom. The number of amides is 1. The summed E-state index contributed by atoms with van der Waals surface area (Å²) < 4.78 is 0. The number of likely N-dealkylation sites (N-methyl/N-ethyl adjacent to an activating group) is 1. The molecule has 0 aromatic heterocycles. The molecule has 1 heterocycles. The van der Waals surface area contributed by atoms with Gasteiger partial charge in [0.15, 0.2) is 0 Å². The summed E-state index contributed by atoms with van der Waals surface area (Å²) in [6.45, 7) is 0.915. The number of carbonyl (C=O) groups is 2. The molecule has 1 saturated carbocycles. The molecule has 0 aromatic rings. The van der Waals surface area contributed by atoms with Crippen LogP contribution in [0.1, 0.15) is 38.5 Å². The molecule has 1 atom stereocenters. The van der Waals surface area contributed by atoms with Crippen LogP contribution in [0.5, 0.6) is 0 Å². The summed E-state index contributed by atoms with van der Waals surface area (Å²) in [5, 5.41) is 12.1. The summed E-state index contributed by atoms with van der Waals surface area (Å²) >= 11 is 0. The Balaban J connectivity index is 2.03. The molecule has 1 aliphatic heterocycles. The Labute approximate surface area is 101 Å². The normalized spacial score (nSPS) is 28.2. The number of likely N-dealkylation sites (tertiary alicyclic amines) is 1. The van der Waals surface area contributed by atoms with Crippen LogP contribution in [-0.4, -0.2) is 47.1 Å². The van der Waals surface area contributed by atoms with Crippen LogP contribution in [0.25, 0.3) is 0 Å². The molecule has 2 N–H and O–H groups in total. The minimum atomic E-state index is -0.999. The van der Waals surface area contributed by atoms with E-state index in [0.717, 1.165) is 32.2 Å². The molecule has 2 aliphatic rings. The van der Waals surface area contributed by atoms with Gasteiger partial charge in [0.05, 0.1) is 6.04 Å². The van der Waals surface area contributed by atoms with Crippen LogP contribution in [0.15, 0.2) is 0 Å². The molecule has 17 heavy (non-hydrogen) atoms. The third-order valence-corrected chi connectivity index (χ3v) is 4.05. The number of aliphatic carboxylic acids is 1. The highest BCUT2D eigenvalue weighted by molar-refractivity contribution is 5.90. The van der Waals surface area contributed by atoms with Crippen LogP contribution >= 0.6 is 0 Å². The van der Waals surface area contributed by atoms with Crippen molar-refractivity contribution in [2.75, 3.05) is 13.6 Å². The highest BCUT2D eigenvalue weighted by atomic mass is 16.4. The Morgan fingerprint density at radius 3 is 2.41 bits per heavy atom. The molecule has 5 nitrogen and oxygen atoms in total. The molecule has 0 radical (unpaired) electrons. The zero-order valence-electron chi connectivity index (χ0n) is 10.2. The van der Waals surface area contributed by atoms with Crippen molar-refractivity contribution in [2.24, 2.45) is 0 Å². The molecule has 0 spiro atoms. The number of nitrogens with one attached hydrogen (secondary N) is 1. The highest BCUT2D eigenvalue weighted by Crippen LogP contribution is 2.30. The Morgan fingerprint density at radius 1 is 1.29 bits per heavy atom. The molecule has 1 aliphatic carbocycles. The van der Waals surface area contributed by atoms with E-state index in [4.69, 9.17) is 0 Å². The molecule has 0 aromatic carbocycles.